The second kappa shape index (κ2) is 7.51. The number of hydrogen-bond acceptors (Lipinski definition) is 5. The third kappa shape index (κ3) is 5.11. The van der Waals surface area contributed by atoms with Crippen molar-refractivity contribution in [2.45, 2.75) is 39.2 Å². The Morgan fingerprint density at radius 3 is 2.67 bits per heavy atom. The van der Waals surface area contributed by atoms with Crippen LogP contribution in [-0.4, -0.2) is 52.6 Å². The van der Waals surface area contributed by atoms with Crippen molar-refractivity contribution in [3.63, 3.8) is 0 Å². The number of ether oxygens (including phenoxy) is 1. The summed E-state index contributed by atoms with van der Waals surface area (Å²) in [7, 11) is 0. The molecule has 132 valence electrons. The van der Waals surface area contributed by atoms with Gasteiger partial charge >= 0.3 is 6.09 Å². The zero-order valence-corrected chi connectivity index (χ0v) is 14.5. The Morgan fingerprint density at radius 2 is 2.00 bits per heavy atom. The van der Waals surface area contributed by atoms with Crippen molar-refractivity contribution in [1.82, 2.24) is 9.80 Å². The summed E-state index contributed by atoms with van der Waals surface area (Å²) in [6.07, 6.45) is 8.08. The molecule has 2 aliphatic rings. The van der Waals surface area contributed by atoms with Gasteiger partial charge in [-0.05, 0) is 45.8 Å². The highest BCUT2D eigenvalue weighted by molar-refractivity contribution is 5.68. The van der Waals surface area contributed by atoms with Gasteiger partial charge in [0.15, 0.2) is 0 Å². The minimum absolute atomic E-state index is 0.114. The summed E-state index contributed by atoms with van der Waals surface area (Å²) < 4.78 is 5.42. The summed E-state index contributed by atoms with van der Waals surface area (Å²) >= 11 is 0. The monoisotopic (exact) mass is 335 g/mol. The summed E-state index contributed by atoms with van der Waals surface area (Å²) in [5.74, 6) is 0. The Morgan fingerprint density at radius 1 is 1.25 bits per heavy atom. The average Bonchev–Trinajstić information content (AvgIpc) is 2.86. The van der Waals surface area contributed by atoms with Crippen LogP contribution < -0.4 is 0 Å². The van der Waals surface area contributed by atoms with Crippen LogP contribution in [0.5, 0.6) is 0 Å². The maximum atomic E-state index is 12.2. The van der Waals surface area contributed by atoms with E-state index in [2.05, 4.69) is 4.90 Å². The van der Waals surface area contributed by atoms with Crippen LogP contribution in [0.3, 0.4) is 0 Å². The number of amides is 1. The van der Waals surface area contributed by atoms with Crippen LogP contribution in [0.1, 0.15) is 33.6 Å². The first-order chi connectivity index (χ1) is 11.3. The number of rotatable bonds is 2. The van der Waals surface area contributed by atoms with Crippen LogP contribution in [0.2, 0.25) is 0 Å². The molecule has 0 bridgehead atoms. The van der Waals surface area contributed by atoms with E-state index in [1.165, 1.54) is 0 Å². The maximum absolute atomic E-state index is 12.2. The van der Waals surface area contributed by atoms with Crippen molar-refractivity contribution in [3.8, 4) is 0 Å². The molecule has 1 amide bonds. The molecule has 24 heavy (non-hydrogen) atoms. The van der Waals surface area contributed by atoms with E-state index >= 15 is 0 Å². The molecule has 0 spiro atoms. The maximum Gasteiger partial charge on any atom is 0.410 e. The number of carbonyl (C=O) groups is 1. The largest absolute Gasteiger partial charge is 0.444 e. The lowest BCUT2D eigenvalue weighted by atomic mass is 10.2. The van der Waals surface area contributed by atoms with Crippen molar-refractivity contribution >= 4 is 6.09 Å². The minimum atomic E-state index is -0.513. The fourth-order valence-corrected chi connectivity index (χ4v) is 2.64. The van der Waals surface area contributed by atoms with Gasteiger partial charge in [-0.25, -0.2) is 4.79 Å². The van der Waals surface area contributed by atoms with Crippen molar-refractivity contribution in [1.29, 1.82) is 0 Å². The van der Waals surface area contributed by atoms with Gasteiger partial charge in [0.05, 0.1) is 4.92 Å². The van der Waals surface area contributed by atoms with Crippen molar-refractivity contribution in [3.05, 3.63) is 45.8 Å². The van der Waals surface area contributed by atoms with E-state index in [0.717, 1.165) is 18.7 Å². The smallest absolute Gasteiger partial charge is 0.410 e. The SMILES string of the molecule is CC(C)(C)OC(=O)N1CCCN(C2=CC([N+](=O)[O-])=CCC=C2)CC1. The molecule has 0 radical (unpaired) electrons. The first-order valence-electron chi connectivity index (χ1n) is 8.22. The number of carbonyl (C=O) groups excluding carboxylic acids is 1. The summed E-state index contributed by atoms with van der Waals surface area (Å²) in [5.41, 5.74) is 0.422. The molecular formula is C17H25N3O4. The highest BCUT2D eigenvalue weighted by atomic mass is 16.6. The van der Waals surface area contributed by atoms with Gasteiger partial charge in [-0.15, -0.1) is 0 Å². The molecule has 1 heterocycles. The lowest BCUT2D eigenvalue weighted by Crippen LogP contribution is -2.39. The van der Waals surface area contributed by atoms with Gasteiger partial charge in [0.2, 0.25) is 0 Å². The van der Waals surface area contributed by atoms with E-state index in [1.54, 1.807) is 17.1 Å². The lowest BCUT2D eigenvalue weighted by Gasteiger charge is -2.27. The highest BCUT2D eigenvalue weighted by Crippen LogP contribution is 2.18. The second-order valence-electron chi connectivity index (χ2n) is 6.90. The number of nitrogens with zero attached hydrogens (tertiary/aromatic N) is 3. The zero-order chi connectivity index (χ0) is 17.7. The molecule has 1 fully saturated rings. The van der Waals surface area contributed by atoms with E-state index in [9.17, 15) is 14.9 Å². The quantitative estimate of drug-likeness (QED) is 0.573. The van der Waals surface area contributed by atoms with E-state index in [-0.39, 0.29) is 16.7 Å². The Labute approximate surface area is 142 Å². The van der Waals surface area contributed by atoms with Gasteiger partial charge in [-0.3, -0.25) is 10.1 Å². The Kier molecular flexibility index (Phi) is 5.64. The van der Waals surface area contributed by atoms with Crippen LogP contribution in [0.4, 0.5) is 4.79 Å². The Bertz CT molecular complexity index is 587. The number of nitro groups is 1. The summed E-state index contributed by atoms with van der Waals surface area (Å²) in [5, 5.41) is 11.1. The van der Waals surface area contributed by atoms with Gasteiger partial charge in [0.1, 0.15) is 5.60 Å². The third-order valence-corrected chi connectivity index (χ3v) is 3.77. The minimum Gasteiger partial charge on any atom is -0.444 e. The van der Waals surface area contributed by atoms with Crippen molar-refractivity contribution in [2.75, 3.05) is 26.2 Å². The van der Waals surface area contributed by atoms with Crippen molar-refractivity contribution in [2.24, 2.45) is 0 Å². The zero-order valence-electron chi connectivity index (χ0n) is 14.5. The molecule has 0 atom stereocenters. The first kappa shape index (κ1) is 18.0. The standard InChI is InChI=1S/C17H25N3O4/c1-17(2,3)24-16(21)19-10-6-9-18(11-12-19)14-7-4-5-8-15(13-14)20(22)23/h4,7-8,13H,5-6,9-12H2,1-3H3. The van der Waals surface area contributed by atoms with Gasteiger partial charge in [0.25, 0.3) is 5.70 Å². The molecule has 1 aliphatic carbocycles. The molecule has 1 saturated heterocycles. The molecule has 0 saturated carbocycles. The molecule has 0 aromatic carbocycles. The fourth-order valence-electron chi connectivity index (χ4n) is 2.64. The fraction of sp³-hybridized carbons (Fsp3) is 0.588. The predicted molar refractivity (Wildman–Crippen MR) is 90.9 cm³/mol. The predicted octanol–water partition coefficient (Wildman–Crippen LogP) is 2.93. The Hall–Kier alpha value is -2.31. The van der Waals surface area contributed by atoms with Gasteiger partial charge in [0, 0.05) is 38.0 Å². The van der Waals surface area contributed by atoms with Gasteiger partial charge in [-0.2, -0.15) is 0 Å². The average molecular weight is 335 g/mol. The lowest BCUT2D eigenvalue weighted by molar-refractivity contribution is -0.419. The van der Waals surface area contributed by atoms with Crippen molar-refractivity contribution < 1.29 is 14.5 Å². The summed E-state index contributed by atoms with van der Waals surface area (Å²) in [6, 6.07) is 0. The Balaban J connectivity index is 2.04. The second-order valence-corrected chi connectivity index (χ2v) is 6.90. The molecule has 0 unspecified atom stereocenters. The normalized spacial score (nSPS) is 19.1. The first-order valence-corrected chi connectivity index (χ1v) is 8.22. The highest BCUT2D eigenvalue weighted by Gasteiger charge is 2.25. The molecule has 7 heteroatoms. The molecule has 0 aromatic rings. The van der Waals surface area contributed by atoms with E-state index in [4.69, 9.17) is 4.74 Å². The topological polar surface area (TPSA) is 75.9 Å². The van der Waals surface area contributed by atoms with Crippen LogP contribution in [0.15, 0.2) is 35.7 Å². The summed E-state index contributed by atoms with van der Waals surface area (Å²) in [4.78, 5) is 26.7. The van der Waals surface area contributed by atoms with E-state index in [0.29, 0.717) is 26.1 Å². The molecule has 2 rings (SSSR count). The van der Waals surface area contributed by atoms with Crippen LogP contribution >= 0.6 is 0 Å². The number of allylic oxidation sites excluding steroid dienone is 4. The van der Waals surface area contributed by atoms with Crippen LogP contribution in [0, 0.1) is 10.1 Å². The van der Waals surface area contributed by atoms with Crippen LogP contribution in [-0.2, 0) is 4.74 Å². The molecule has 1 aliphatic heterocycles. The third-order valence-electron chi connectivity index (χ3n) is 3.77. The molecule has 0 N–H and O–H groups in total. The van der Waals surface area contributed by atoms with Gasteiger partial charge in [-0.1, -0.05) is 6.08 Å². The van der Waals surface area contributed by atoms with Gasteiger partial charge < -0.3 is 14.5 Å². The van der Waals surface area contributed by atoms with E-state index < -0.39 is 5.60 Å². The molecule has 0 aromatic heterocycles. The summed E-state index contributed by atoms with van der Waals surface area (Å²) in [6.45, 7) is 8.09. The molecular weight excluding hydrogens is 310 g/mol. The number of hydrogen-bond donors (Lipinski definition) is 0. The van der Waals surface area contributed by atoms with E-state index in [1.807, 2.05) is 32.9 Å². The van der Waals surface area contributed by atoms with Crippen LogP contribution in [0.25, 0.3) is 0 Å². The molecule has 7 nitrogen and oxygen atoms in total.